The molecule has 44 heavy (non-hydrogen) atoms. The van der Waals surface area contributed by atoms with Gasteiger partial charge in [-0.1, -0.05) is 0 Å². The normalized spacial score (nSPS) is 25.0. The molecule has 230 valence electrons. The average molecular weight is 596 g/mol. The molecule has 4 aromatic heterocycles. The largest absolute Gasteiger partial charge is 0.482 e. The van der Waals surface area contributed by atoms with Crippen molar-refractivity contribution in [2.24, 2.45) is 11.7 Å². The summed E-state index contributed by atoms with van der Waals surface area (Å²) in [6, 6.07) is 10.6. The van der Waals surface area contributed by atoms with Gasteiger partial charge in [0, 0.05) is 55.2 Å². The number of pyridine rings is 2. The molecule has 1 aliphatic carbocycles. The van der Waals surface area contributed by atoms with Crippen LogP contribution in [-0.2, 0) is 11.3 Å². The Bertz CT molecular complexity index is 1800. The maximum absolute atomic E-state index is 13.8. The fourth-order valence-electron chi connectivity index (χ4n) is 8.18. The smallest absolute Gasteiger partial charge is 0.254 e. The maximum atomic E-state index is 13.8. The van der Waals surface area contributed by atoms with Crippen LogP contribution in [0, 0.1) is 12.8 Å². The number of aromatic nitrogens is 4. The Kier molecular flexibility index (Phi) is 6.48. The van der Waals surface area contributed by atoms with Crippen molar-refractivity contribution in [3.05, 3.63) is 47.3 Å². The molecule has 10 nitrogen and oxygen atoms in total. The van der Waals surface area contributed by atoms with Crippen LogP contribution in [0.4, 0.5) is 0 Å². The number of nitrogens with two attached hydrogens (primary N) is 1. The van der Waals surface area contributed by atoms with Crippen molar-refractivity contribution in [1.82, 2.24) is 28.7 Å². The van der Waals surface area contributed by atoms with E-state index in [4.69, 9.17) is 20.4 Å². The summed E-state index contributed by atoms with van der Waals surface area (Å²) >= 11 is 0. The zero-order valence-electron chi connectivity index (χ0n) is 25.8. The Morgan fingerprint density at radius 1 is 1.05 bits per heavy atom. The first-order chi connectivity index (χ1) is 21.3. The molecule has 10 heteroatoms. The number of ether oxygens (including phenoxy) is 1. The summed E-state index contributed by atoms with van der Waals surface area (Å²) in [6.07, 6.45) is 8.36. The van der Waals surface area contributed by atoms with Crippen LogP contribution in [0.2, 0.25) is 0 Å². The third-order valence-electron chi connectivity index (χ3n) is 10.6. The van der Waals surface area contributed by atoms with Gasteiger partial charge in [-0.25, -0.2) is 9.97 Å². The number of piperidine rings is 1. The molecule has 4 aromatic rings. The van der Waals surface area contributed by atoms with Gasteiger partial charge >= 0.3 is 0 Å². The SMILES string of the molecule is COc1cc(C(=O)N2[C@H]3CC[C@@H]2[C@H](N)C3)cc2nc(-c3cc4ccc(C5CCCCN5C(C)=O)nc4n3CC3CC3)c(C)n12. The lowest BCUT2D eigenvalue weighted by atomic mass is 9.97. The van der Waals surface area contributed by atoms with Crippen LogP contribution >= 0.6 is 0 Å². The zero-order chi connectivity index (χ0) is 30.3. The summed E-state index contributed by atoms with van der Waals surface area (Å²) in [4.78, 5) is 40.6. The van der Waals surface area contributed by atoms with Crippen molar-refractivity contribution in [3.8, 4) is 17.3 Å². The van der Waals surface area contributed by atoms with Gasteiger partial charge in [-0.2, -0.15) is 0 Å². The van der Waals surface area contributed by atoms with E-state index < -0.39 is 0 Å². The number of amides is 2. The number of carbonyl (C=O) groups excluding carboxylic acids is 2. The molecule has 2 N–H and O–H groups in total. The van der Waals surface area contributed by atoms with Crippen LogP contribution in [0.3, 0.4) is 0 Å². The number of carbonyl (C=O) groups is 2. The van der Waals surface area contributed by atoms with E-state index in [1.165, 1.54) is 12.8 Å². The molecule has 4 fully saturated rings. The van der Waals surface area contributed by atoms with Crippen molar-refractivity contribution >= 4 is 28.5 Å². The first-order valence-electron chi connectivity index (χ1n) is 16.3. The second kappa shape index (κ2) is 10.3. The quantitative estimate of drug-likeness (QED) is 0.341. The van der Waals surface area contributed by atoms with Crippen LogP contribution in [-0.4, -0.2) is 72.3 Å². The van der Waals surface area contributed by atoms with Gasteiger partial charge < -0.3 is 24.8 Å². The summed E-state index contributed by atoms with van der Waals surface area (Å²) < 4.78 is 10.2. The third kappa shape index (κ3) is 4.32. The molecule has 4 atom stereocenters. The van der Waals surface area contributed by atoms with Gasteiger partial charge in [0.1, 0.15) is 17.0 Å². The van der Waals surface area contributed by atoms with E-state index in [1.54, 1.807) is 14.0 Å². The van der Waals surface area contributed by atoms with E-state index >= 15 is 0 Å². The van der Waals surface area contributed by atoms with E-state index in [-0.39, 0.29) is 36.0 Å². The maximum Gasteiger partial charge on any atom is 0.254 e. The molecule has 2 amide bonds. The predicted octanol–water partition coefficient (Wildman–Crippen LogP) is 4.86. The summed E-state index contributed by atoms with van der Waals surface area (Å²) in [7, 11) is 1.64. The molecule has 7 heterocycles. The summed E-state index contributed by atoms with van der Waals surface area (Å²) in [6.45, 7) is 5.38. The van der Waals surface area contributed by atoms with Crippen molar-refractivity contribution in [1.29, 1.82) is 0 Å². The highest BCUT2D eigenvalue weighted by atomic mass is 16.5. The lowest BCUT2D eigenvalue weighted by Gasteiger charge is -2.34. The molecule has 1 unspecified atom stereocenters. The minimum Gasteiger partial charge on any atom is -0.482 e. The van der Waals surface area contributed by atoms with E-state index in [9.17, 15) is 9.59 Å². The third-order valence-corrected chi connectivity index (χ3v) is 10.6. The van der Waals surface area contributed by atoms with Gasteiger partial charge in [0.05, 0.1) is 30.2 Å². The van der Waals surface area contributed by atoms with E-state index in [2.05, 4.69) is 29.7 Å². The lowest BCUT2D eigenvalue weighted by Crippen LogP contribution is -2.40. The minimum atomic E-state index is 0.00958. The highest BCUT2D eigenvalue weighted by molar-refractivity contribution is 5.97. The van der Waals surface area contributed by atoms with Crippen molar-refractivity contribution < 1.29 is 14.3 Å². The molecule has 1 saturated carbocycles. The van der Waals surface area contributed by atoms with Gasteiger partial charge in [0.15, 0.2) is 5.88 Å². The van der Waals surface area contributed by atoms with Gasteiger partial charge in [0.2, 0.25) is 5.91 Å². The van der Waals surface area contributed by atoms with Crippen LogP contribution in [0.1, 0.15) is 86.1 Å². The summed E-state index contributed by atoms with van der Waals surface area (Å²) in [5.74, 6) is 1.33. The molecular weight excluding hydrogens is 554 g/mol. The van der Waals surface area contributed by atoms with Crippen LogP contribution < -0.4 is 10.5 Å². The zero-order valence-corrected chi connectivity index (χ0v) is 25.8. The minimum absolute atomic E-state index is 0.00958. The number of fused-ring (bicyclic) bond motifs is 4. The molecule has 8 rings (SSSR count). The monoisotopic (exact) mass is 595 g/mol. The lowest BCUT2D eigenvalue weighted by molar-refractivity contribution is -0.132. The Balaban J connectivity index is 1.23. The number of methoxy groups -OCH3 is 1. The number of hydrogen-bond acceptors (Lipinski definition) is 6. The van der Waals surface area contributed by atoms with Gasteiger partial charge in [-0.05, 0) is 88.5 Å². The van der Waals surface area contributed by atoms with Gasteiger partial charge in [0.25, 0.3) is 5.91 Å². The van der Waals surface area contributed by atoms with E-state index in [0.29, 0.717) is 23.0 Å². The number of rotatable bonds is 6. The molecule has 4 aliphatic rings. The molecule has 2 bridgehead atoms. The fraction of sp³-hybridized carbons (Fsp3) is 0.529. The fourth-order valence-corrected chi connectivity index (χ4v) is 8.18. The topological polar surface area (TPSA) is 111 Å². The highest BCUT2D eigenvalue weighted by Gasteiger charge is 2.47. The first kappa shape index (κ1) is 27.6. The molecule has 0 spiro atoms. The molecule has 3 saturated heterocycles. The van der Waals surface area contributed by atoms with Crippen molar-refractivity contribution in [2.75, 3.05) is 13.7 Å². The van der Waals surface area contributed by atoms with E-state index in [1.807, 2.05) is 26.3 Å². The molecule has 0 aromatic carbocycles. The van der Waals surface area contributed by atoms with Crippen LogP contribution in [0.15, 0.2) is 30.3 Å². The Labute approximate surface area is 257 Å². The Hall–Kier alpha value is -3.92. The second-order valence-electron chi connectivity index (χ2n) is 13.4. The number of imidazole rings is 1. The number of likely N-dealkylation sites (tertiary alicyclic amines) is 1. The number of hydrogen-bond donors (Lipinski definition) is 1. The second-order valence-corrected chi connectivity index (χ2v) is 13.4. The van der Waals surface area contributed by atoms with Crippen LogP contribution in [0.25, 0.3) is 28.1 Å². The number of nitrogens with zero attached hydrogens (tertiary/aromatic N) is 6. The van der Waals surface area contributed by atoms with Crippen LogP contribution in [0.5, 0.6) is 5.88 Å². The highest BCUT2D eigenvalue weighted by Crippen LogP contribution is 2.40. The first-order valence-corrected chi connectivity index (χ1v) is 16.3. The molecule has 0 radical (unpaired) electrons. The van der Waals surface area contributed by atoms with Crippen molar-refractivity contribution in [3.63, 3.8) is 0 Å². The average Bonchev–Trinajstić information content (AvgIpc) is 3.35. The predicted molar refractivity (Wildman–Crippen MR) is 167 cm³/mol. The van der Waals surface area contributed by atoms with E-state index in [0.717, 1.165) is 85.4 Å². The summed E-state index contributed by atoms with van der Waals surface area (Å²) in [5.41, 5.74) is 12.4. The van der Waals surface area contributed by atoms with Crippen molar-refractivity contribution in [2.45, 2.75) is 95.9 Å². The number of aryl methyl sites for hydroxylation is 1. The standard InChI is InChI=1S/C34H41N7O3/c1-19-32(37-30-15-23(16-31(44-3)40(19)30)34(43)41-24-10-12-27(41)25(35)17-24)29-14-22-9-11-26(28-6-4-5-13-38(28)20(2)42)36-33(22)39(29)18-21-7-8-21/h9,11,14-16,21,24-25,27-28H,4-8,10,12-13,17-18,35H2,1-3H3/t24-,25+,27+,28?/m0/s1. The Morgan fingerprint density at radius 2 is 1.89 bits per heavy atom. The molecular formula is C34H41N7O3. The Morgan fingerprint density at radius 3 is 2.59 bits per heavy atom. The van der Waals surface area contributed by atoms with Gasteiger partial charge in [-0.3, -0.25) is 14.0 Å². The van der Waals surface area contributed by atoms with Gasteiger partial charge in [-0.15, -0.1) is 0 Å². The summed E-state index contributed by atoms with van der Waals surface area (Å²) in [5, 5.41) is 1.06. The molecule has 3 aliphatic heterocycles.